The summed E-state index contributed by atoms with van der Waals surface area (Å²) in [5.41, 5.74) is 6.16. The van der Waals surface area contributed by atoms with E-state index in [2.05, 4.69) is 82.6 Å². The molecular formula is C32H38N2O. The Bertz CT molecular complexity index is 1090. The van der Waals surface area contributed by atoms with Gasteiger partial charge in [0.1, 0.15) is 0 Å². The van der Waals surface area contributed by atoms with Gasteiger partial charge in [0, 0.05) is 31.1 Å². The molecule has 2 aliphatic rings. The second-order valence-corrected chi connectivity index (χ2v) is 10.3. The fourth-order valence-electron chi connectivity index (χ4n) is 5.75. The molecule has 3 aromatic rings. The average Bonchev–Trinajstić information content (AvgIpc) is 3.12. The molecule has 0 amide bonds. The molecule has 0 N–H and O–H groups in total. The molecule has 35 heavy (non-hydrogen) atoms. The molecule has 0 aromatic heterocycles. The highest BCUT2D eigenvalue weighted by molar-refractivity contribution is 6.01. The molecule has 3 aromatic carbocycles. The van der Waals surface area contributed by atoms with E-state index in [1.165, 1.54) is 49.0 Å². The minimum Gasteiger partial charge on any atom is -0.303 e. The lowest BCUT2D eigenvalue weighted by Crippen LogP contribution is -2.32. The summed E-state index contributed by atoms with van der Waals surface area (Å²) < 4.78 is 0. The quantitative estimate of drug-likeness (QED) is 0.373. The van der Waals surface area contributed by atoms with Crippen LogP contribution >= 0.6 is 0 Å². The molecule has 0 bridgehead atoms. The van der Waals surface area contributed by atoms with Gasteiger partial charge in [0.25, 0.3) is 0 Å². The lowest BCUT2D eigenvalue weighted by molar-refractivity contribution is 0.0945. The third-order valence-corrected chi connectivity index (χ3v) is 7.84. The zero-order chi connectivity index (χ0) is 23.9. The number of benzene rings is 3. The predicted molar refractivity (Wildman–Crippen MR) is 144 cm³/mol. The number of piperidine rings is 1. The zero-order valence-corrected chi connectivity index (χ0v) is 20.9. The number of likely N-dealkylation sites (tertiary alicyclic amines) is 1. The van der Waals surface area contributed by atoms with Crippen LogP contribution in [0, 0.1) is 0 Å². The fourth-order valence-corrected chi connectivity index (χ4v) is 5.75. The Kier molecular flexibility index (Phi) is 8.07. The summed E-state index contributed by atoms with van der Waals surface area (Å²) in [5, 5.41) is 0. The number of fused-ring (bicyclic) bond motifs is 1. The Hall–Kier alpha value is -2.75. The summed E-state index contributed by atoms with van der Waals surface area (Å²) in [4.78, 5) is 19.0. The number of nitrogens with zero attached hydrogens (tertiary/aromatic N) is 2. The third kappa shape index (κ3) is 6.28. The van der Waals surface area contributed by atoms with Crippen LogP contribution < -0.4 is 0 Å². The highest BCUT2D eigenvalue weighted by Gasteiger charge is 2.25. The van der Waals surface area contributed by atoms with Gasteiger partial charge in [0.15, 0.2) is 5.78 Å². The summed E-state index contributed by atoms with van der Waals surface area (Å²) in [6.45, 7) is 6.45. The van der Waals surface area contributed by atoms with Gasteiger partial charge < -0.3 is 4.90 Å². The molecule has 1 fully saturated rings. The Balaban J connectivity index is 1.30. The van der Waals surface area contributed by atoms with Crippen molar-refractivity contribution < 1.29 is 4.79 Å². The molecular weight excluding hydrogens is 428 g/mol. The molecule has 3 nitrogen and oxygen atoms in total. The van der Waals surface area contributed by atoms with Gasteiger partial charge in [-0.15, -0.1) is 0 Å². The van der Waals surface area contributed by atoms with Crippen molar-refractivity contribution in [2.24, 2.45) is 0 Å². The van der Waals surface area contributed by atoms with Crippen molar-refractivity contribution in [2.75, 3.05) is 32.7 Å². The minimum atomic E-state index is -0.0727. The van der Waals surface area contributed by atoms with Gasteiger partial charge >= 0.3 is 0 Å². The van der Waals surface area contributed by atoms with E-state index in [1.54, 1.807) is 0 Å². The molecule has 3 heteroatoms. The molecule has 5 rings (SSSR count). The lowest BCUT2D eigenvalue weighted by Gasteiger charge is -2.28. The van der Waals surface area contributed by atoms with Crippen molar-refractivity contribution in [3.63, 3.8) is 0 Å². The maximum absolute atomic E-state index is 13.9. The number of hydrogen-bond donors (Lipinski definition) is 0. The van der Waals surface area contributed by atoms with Crippen LogP contribution in [0.2, 0.25) is 0 Å². The first-order valence-electron chi connectivity index (χ1n) is 13.5. The molecule has 0 radical (unpaired) electrons. The van der Waals surface area contributed by atoms with Gasteiger partial charge in [-0.25, -0.2) is 0 Å². The van der Waals surface area contributed by atoms with Gasteiger partial charge in [-0.2, -0.15) is 0 Å². The third-order valence-electron chi connectivity index (χ3n) is 7.84. The van der Waals surface area contributed by atoms with Gasteiger partial charge in [0.05, 0.1) is 0 Å². The van der Waals surface area contributed by atoms with Crippen LogP contribution in [-0.2, 0) is 19.4 Å². The Morgan fingerprint density at radius 2 is 1.40 bits per heavy atom. The molecule has 0 saturated carbocycles. The van der Waals surface area contributed by atoms with Gasteiger partial charge in [0.2, 0.25) is 0 Å². The Morgan fingerprint density at radius 3 is 2.14 bits per heavy atom. The smallest absolute Gasteiger partial charge is 0.170 e. The van der Waals surface area contributed by atoms with Gasteiger partial charge in [-0.1, -0.05) is 79.2 Å². The van der Waals surface area contributed by atoms with E-state index in [-0.39, 0.29) is 11.7 Å². The van der Waals surface area contributed by atoms with E-state index in [4.69, 9.17) is 0 Å². The van der Waals surface area contributed by atoms with Crippen LogP contribution in [0.25, 0.3) is 0 Å². The lowest BCUT2D eigenvalue weighted by atomic mass is 9.86. The number of ketones is 1. The van der Waals surface area contributed by atoms with Crippen LogP contribution in [-0.4, -0.2) is 48.3 Å². The predicted octanol–water partition coefficient (Wildman–Crippen LogP) is 6.13. The Morgan fingerprint density at radius 1 is 0.714 bits per heavy atom. The van der Waals surface area contributed by atoms with Gasteiger partial charge in [-0.05, 0) is 80.1 Å². The van der Waals surface area contributed by atoms with E-state index in [0.29, 0.717) is 0 Å². The zero-order valence-electron chi connectivity index (χ0n) is 20.9. The molecule has 0 aliphatic carbocycles. The first-order valence-corrected chi connectivity index (χ1v) is 13.5. The molecule has 0 spiro atoms. The van der Waals surface area contributed by atoms with E-state index in [0.717, 1.165) is 56.6 Å². The molecule has 1 atom stereocenters. The summed E-state index contributed by atoms with van der Waals surface area (Å²) in [5.74, 6) is 0.206. The number of carbonyl (C=O) groups excluding carboxylic acids is 1. The van der Waals surface area contributed by atoms with Crippen molar-refractivity contribution in [3.05, 3.63) is 107 Å². The number of hydrogen-bond acceptors (Lipinski definition) is 3. The van der Waals surface area contributed by atoms with Crippen molar-refractivity contribution in [3.8, 4) is 0 Å². The number of rotatable bonds is 8. The molecule has 2 heterocycles. The highest BCUT2D eigenvalue weighted by Crippen LogP contribution is 2.28. The molecule has 182 valence electrons. The van der Waals surface area contributed by atoms with Crippen LogP contribution in [0.4, 0.5) is 0 Å². The van der Waals surface area contributed by atoms with E-state index >= 15 is 0 Å². The van der Waals surface area contributed by atoms with Crippen LogP contribution in [0.15, 0.2) is 78.9 Å². The first kappa shape index (κ1) is 24.0. The second-order valence-electron chi connectivity index (χ2n) is 10.3. The van der Waals surface area contributed by atoms with Crippen molar-refractivity contribution in [1.82, 2.24) is 9.80 Å². The highest BCUT2D eigenvalue weighted by atomic mass is 16.1. The fraction of sp³-hybridized carbons (Fsp3) is 0.406. The summed E-state index contributed by atoms with van der Waals surface area (Å²) >= 11 is 0. The van der Waals surface area contributed by atoms with Crippen molar-refractivity contribution in [2.45, 2.75) is 51.0 Å². The van der Waals surface area contributed by atoms with Gasteiger partial charge in [-0.3, -0.25) is 9.69 Å². The summed E-state index contributed by atoms with van der Waals surface area (Å²) in [7, 11) is 0. The molecule has 1 unspecified atom stereocenters. The largest absolute Gasteiger partial charge is 0.303 e. The number of carbonyl (C=O) groups is 1. The second kappa shape index (κ2) is 11.8. The van der Waals surface area contributed by atoms with E-state index in [9.17, 15) is 4.79 Å². The van der Waals surface area contributed by atoms with Crippen LogP contribution in [0.5, 0.6) is 0 Å². The normalized spacial score (nSPS) is 17.9. The first-order chi connectivity index (χ1) is 17.3. The van der Waals surface area contributed by atoms with Crippen molar-refractivity contribution in [1.29, 1.82) is 0 Å². The monoisotopic (exact) mass is 466 g/mol. The van der Waals surface area contributed by atoms with E-state index < -0.39 is 0 Å². The molecule has 2 aliphatic heterocycles. The Labute approximate surface area is 210 Å². The minimum absolute atomic E-state index is 0.0727. The maximum atomic E-state index is 13.9. The number of Topliss-reactive ketones (excluding diaryl/α,β-unsaturated/α-hetero) is 1. The topological polar surface area (TPSA) is 23.6 Å². The van der Waals surface area contributed by atoms with E-state index in [1.807, 2.05) is 6.07 Å². The van der Waals surface area contributed by atoms with Crippen molar-refractivity contribution >= 4 is 5.78 Å². The summed E-state index contributed by atoms with van der Waals surface area (Å²) in [6.07, 6.45) is 6.87. The average molecular weight is 467 g/mol. The SMILES string of the molecule is O=C(c1ccc2c(c1)CCN(Cc1ccccc1)CC2)C(CCN1CCCCC1)c1ccccc1. The molecule has 1 saturated heterocycles. The standard InChI is InChI=1S/C32H38N2O/c35-32(31(28-12-6-2-7-13-28)18-23-33-19-8-3-9-20-33)30-15-14-27-16-21-34(22-17-29(27)24-30)25-26-10-4-1-5-11-26/h1-2,4-7,10-15,24,31H,3,8-9,16-23,25H2. The van der Waals surface area contributed by atoms with Crippen LogP contribution in [0.3, 0.4) is 0 Å². The summed E-state index contributed by atoms with van der Waals surface area (Å²) in [6, 6.07) is 27.7. The maximum Gasteiger partial charge on any atom is 0.170 e. The van der Waals surface area contributed by atoms with Crippen LogP contribution in [0.1, 0.15) is 64.2 Å².